The number of amides is 1. The number of alkyl halides is 3. The molecule has 12 heteroatoms. The summed E-state index contributed by atoms with van der Waals surface area (Å²) in [5.74, 6) is -0.730. The third kappa shape index (κ3) is 7.49. The van der Waals surface area contributed by atoms with Crippen molar-refractivity contribution in [3.63, 3.8) is 0 Å². The van der Waals surface area contributed by atoms with Gasteiger partial charge in [-0.2, -0.15) is 18.2 Å². The molecule has 0 spiro atoms. The second kappa shape index (κ2) is 11.8. The molecule has 0 unspecified atom stereocenters. The highest BCUT2D eigenvalue weighted by Gasteiger charge is 2.33. The molecule has 1 N–H and O–H groups in total. The molecule has 1 aromatic carbocycles. The Bertz CT molecular complexity index is 1270. The van der Waals surface area contributed by atoms with E-state index >= 15 is 0 Å². The number of carbonyl (C=O) groups excluding carboxylic acids is 1. The van der Waals surface area contributed by atoms with E-state index in [9.17, 15) is 18.0 Å². The lowest BCUT2D eigenvalue weighted by Crippen LogP contribution is -2.29. The zero-order chi connectivity index (χ0) is 28.4. The van der Waals surface area contributed by atoms with Crippen molar-refractivity contribution in [3.8, 4) is 5.75 Å². The van der Waals surface area contributed by atoms with E-state index in [1.165, 1.54) is 17.4 Å². The minimum atomic E-state index is -4.62. The summed E-state index contributed by atoms with van der Waals surface area (Å²) in [5, 5.41) is 12.1. The molecular weight excluding hydrogens is 533 g/mol. The van der Waals surface area contributed by atoms with Gasteiger partial charge in [-0.25, -0.2) is 0 Å². The number of likely N-dealkylation sites (tertiary alicyclic amines) is 1. The first kappa shape index (κ1) is 29.3. The van der Waals surface area contributed by atoms with Gasteiger partial charge in [0.2, 0.25) is 0 Å². The molecule has 0 radical (unpaired) electrons. The summed E-state index contributed by atoms with van der Waals surface area (Å²) in [6, 6.07) is 2.94. The number of halogens is 3. The molecule has 2 saturated heterocycles. The van der Waals surface area contributed by atoms with Crippen LogP contribution in [0.4, 0.5) is 13.2 Å². The number of thiazole rings is 1. The largest absolute Gasteiger partial charge is 0.488 e. The Morgan fingerprint density at radius 3 is 2.67 bits per heavy atom. The van der Waals surface area contributed by atoms with Crippen LogP contribution in [0.1, 0.15) is 67.8 Å². The van der Waals surface area contributed by atoms with Gasteiger partial charge in [0.1, 0.15) is 11.9 Å². The summed E-state index contributed by atoms with van der Waals surface area (Å²) < 4.78 is 54.5. The number of carbonyl (C=O) groups is 1. The van der Waals surface area contributed by atoms with Crippen molar-refractivity contribution in [2.24, 2.45) is 10.1 Å². The topological polar surface area (TPSA) is 88.7 Å². The molecule has 8 nitrogen and oxygen atoms in total. The quantitative estimate of drug-likeness (QED) is 0.286. The molecule has 2 aromatic rings. The summed E-state index contributed by atoms with van der Waals surface area (Å²) in [7, 11) is 0. The minimum absolute atomic E-state index is 0.00116. The lowest BCUT2D eigenvalue weighted by molar-refractivity contribution is -0.137. The first-order valence-corrected chi connectivity index (χ1v) is 13.8. The van der Waals surface area contributed by atoms with Gasteiger partial charge in [-0.15, -0.1) is 11.3 Å². The van der Waals surface area contributed by atoms with Crippen LogP contribution in [0.5, 0.6) is 5.75 Å². The van der Waals surface area contributed by atoms with E-state index in [1.54, 1.807) is 6.92 Å². The molecule has 0 aliphatic carbocycles. The number of oxime groups is 1. The van der Waals surface area contributed by atoms with E-state index in [2.05, 4.69) is 30.9 Å². The van der Waals surface area contributed by atoms with Gasteiger partial charge in [-0.1, -0.05) is 25.9 Å². The van der Waals surface area contributed by atoms with Crippen molar-refractivity contribution >= 4 is 23.0 Å². The Morgan fingerprint density at radius 2 is 2.03 bits per heavy atom. The van der Waals surface area contributed by atoms with Gasteiger partial charge in [0.15, 0.2) is 4.80 Å². The highest BCUT2D eigenvalue weighted by atomic mass is 32.1. The van der Waals surface area contributed by atoms with Gasteiger partial charge in [0.05, 0.1) is 29.5 Å². The first-order valence-electron chi connectivity index (χ1n) is 13.0. The molecular formula is C27H35F3N4O4S. The van der Waals surface area contributed by atoms with Crippen molar-refractivity contribution in [3.05, 3.63) is 45.2 Å². The Hall–Kier alpha value is -2.70. The van der Waals surface area contributed by atoms with E-state index in [0.717, 1.165) is 29.9 Å². The molecule has 39 heavy (non-hydrogen) atoms. The van der Waals surface area contributed by atoms with E-state index in [1.807, 2.05) is 15.7 Å². The second-order valence-corrected chi connectivity index (χ2v) is 12.1. The van der Waals surface area contributed by atoms with Gasteiger partial charge < -0.3 is 19.2 Å². The normalized spacial score (nSPS) is 21.6. The molecule has 0 bridgehead atoms. The lowest BCUT2D eigenvalue weighted by atomic mass is 9.95. The smallest absolute Gasteiger partial charge is 0.416 e. The van der Waals surface area contributed by atoms with Crippen molar-refractivity contribution in [1.82, 2.24) is 9.47 Å². The van der Waals surface area contributed by atoms with Crippen LogP contribution in [0.15, 0.2) is 34.5 Å². The van der Waals surface area contributed by atoms with Crippen LogP contribution in [0.25, 0.3) is 0 Å². The summed E-state index contributed by atoms with van der Waals surface area (Å²) >= 11 is 1.35. The van der Waals surface area contributed by atoms with Crippen LogP contribution in [0.2, 0.25) is 0 Å². The van der Waals surface area contributed by atoms with Crippen LogP contribution in [-0.4, -0.2) is 64.7 Å². The van der Waals surface area contributed by atoms with E-state index in [0.29, 0.717) is 49.7 Å². The summed E-state index contributed by atoms with van der Waals surface area (Å²) in [4.78, 5) is 21.2. The molecule has 3 heterocycles. The Balaban J connectivity index is 1.67. The maximum Gasteiger partial charge on any atom is 0.416 e. The Kier molecular flexibility index (Phi) is 8.87. The van der Waals surface area contributed by atoms with Gasteiger partial charge in [-0.05, 0) is 49.8 Å². The standard InChI is InChI=1S/C27H35F3N4O4S/c1-17(32-36)13-33-10-9-20(14-33)38-22-8-7-18(27(28,29)30)12-21(22)24(35)31-25-34(15-19-6-5-11-37-19)16-23(39-25)26(2,3)4/h7-8,12,16,19-20,36H,5-6,9-11,13-15H2,1-4H3/b31-25?,32-17+/t19-,20+/m1/s1. The highest BCUT2D eigenvalue weighted by molar-refractivity contribution is 7.09. The Labute approximate surface area is 229 Å². The average molecular weight is 569 g/mol. The lowest BCUT2D eigenvalue weighted by Gasteiger charge is -2.18. The molecule has 2 fully saturated rings. The van der Waals surface area contributed by atoms with Crippen molar-refractivity contribution in [1.29, 1.82) is 0 Å². The van der Waals surface area contributed by atoms with Gasteiger partial charge >= 0.3 is 6.18 Å². The van der Waals surface area contributed by atoms with E-state index in [-0.39, 0.29) is 28.9 Å². The summed E-state index contributed by atoms with van der Waals surface area (Å²) in [6.45, 7) is 10.7. The Morgan fingerprint density at radius 1 is 1.26 bits per heavy atom. The second-order valence-electron chi connectivity index (χ2n) is 11.1. The number of benzene rings is 1. The molecule has 2 atom stereocenters. The molecule has 4 rings (SSSR count). The van der Waals surface area contributed by atoms with Crippen LogP contribution in [0.3, 0.4) is 0 Å². The SMILES string of the molecule is C/C(CN1CC[C@H](Oc2ccc(C(F)(F)F)cc2C(=O)N=c2sc(C(C)(C)C)cn2C[C@H]2CCCO2)C1)=N\O. The first-order chi connectivity index (χ1) is 18.3. The van der Waals surface area contributed by atoms with Crippen molar-refractivity contribution in [2.75, 3.05) is 26.2 Å². The number of rotatable bonds is 7. The molecule has 1 aromatic heterocycles. The van der Waals surface area contributed by atoms with Crippen LogP contribution >= 0.6 is 11.3 Å². The summed E-state index contributed by atoms with van der Waals surface area (Å²) in [6.07, 6.45) is -0.533. The maximum atomic E-state index is 13.6. The number of aromatic nitrogens is 1. The van der Waals surface area contributed by atoms with Gasteiger partial charge in [-0.3, -0.25) is 9.69 Å². The fraction of sp³-hybridized carbons (Fsp3) is 0.593. The number of hydrogen-bond donors (Lipinski definition) is 1. The summed E-state index contributed by atoms with van der Waals surface area (Å²) in [5.41, 5.74) is -0.824. The third-order valence-corrected chi connectivity index (χ3v) is 8.21. The molecule has 2 aliphatic heterocycles. The predicted octanol–water partition coefficient (Wildman–Crippen LogP) is 5.09. The zero-order valence-electron chi connectivity index (χ0n) is 22.6. The van der Waals surface area contributed by atoms with Crippen molar-refractivity contribution < 1.29 is 32.6 Å². The maximum absolute atomic E-state index is 13.6. The highest BCUT2D eigenvalue weighted by Crippen LogP contribution is 2.34. The zero-order valence-corrected chi connectivity index (χ0v) is 23.4. The third-order valence-electron chi connectivity index (χ3n) is 6.76. The number of hydrogen-bond acceptors (Lipinski definition) is 7. The van der Waals surface area contributed by atoms with E-state index < -0.39 is 17.6 Å². The van der Waals surface area contributed by atoms with Crippen LogP contribution in [-0.2, 0) is 22.9 Å². The van der Waals surface area contributed by atoms with Gasteiger partial charge in [0.25, 0.3) is 5.91 Å². The fourth-order valence-corrected chi connectivity index (χ4v) is 5.70. The molecule has 214 valence electrons. The average Bonchev–Trinajstić information content (AvgIpc) is 3.61. The minimum Gasteiger partial charge on any atom is -0.488 e. The molecule has 2 aliphatic rings. The molecule has 1 amide bonds. The number of ether oxygens (including phenoxy) is 2. The van der Waals surface area contributed by atoms with Crippen LogP contribution < -0.4 is 9.54 Å². The number of nitrogens with zero attached hydrogens (tertiary/aromatic N) is 4. The van der Waals surface area contributed by atoms with Crippen molar-refractivity contribution in [2.45, 2.75) is 77.3 Å². The van der Waals surface area contributed by atoms with Gasteiger partial charge in [0, 0.05) is 37.3 Å². The molecule has 0 saturated carbocycles. The fourth-order valence-electron chi connectivity index (χ4n) is 4.65. The van der Waals surface area contributed by atoms with E-state index in [4.69, 9.17) is 14.7 Å². The monoisotopic (exact) mass is 568 g/mol. The van der Waals surface area contributed by atoms with Crippen LogP contribution in [0, 0.1) is 0 Å². The predicted molar refractivity (Wildman–Crippen MR) is 142 cm³/mol.